The third-order valence-corrected chi connectivity index (χ3v) is 2.77. The first-order chi connectivity index (χ1) is 8.02. The molecule has 0 N–H and O–H groups in total. The third-order valence-electron chi connectivity index (χ3n) is 2.77. The van der Waals surface area contributed by atoms with Crippen LogP contribution in [-0.4, -0.2) is 33.7 Å². The van der Waals surface area contributed by atoms with Crippen molar-refractivity contribution in [3.8, 4) is 6.07 Å². The summed E-state index contributed by atoms with van der Waals surface area (Å²) in [5.41, 5.74) is 2.18. The van der Waals surface area contributed by atoms with Crippen LogP contribution >= 0.6 is 0 Å². The van der Waals surface area contributed by atoms with Gasteiger partial charge in [-0.15, -0.1) is 0 Å². The van der Waals surface area contributed by atoms with E-state index in [9.17, 15) is 4.79 Å². The van der Waals surface area contributed by atoms with Gasteiger partial charge in [-0.25, -0.2) is 0 Å². The number of carbonyl (C=O) groups is 1. The van der Waals surface area contributed by atoms with Crippen molar-refractivity contribution in [1.82, 2.24) is 14.7 Å². The van der Waals surface area contributed by atoms with Crippen molar-refractivity contribution >= 4 is 5.91 Å². The molecule has 0 radical (unpaired) electrons. The molecule has 1 rings (SSSR count). The minimum atomic E-state index is -0.100. The Labute approximate surface area is 102 Å². The van der Waals surface area contributed by atoms with Gasteiger partial charge in [0.25, 0.3) is 5.91 Å². The smallest absolute Gasteiger partial charge is 0.258 e. The van der Waals surface area contributed by atoms with Crippen LogP contribution in [0.5, 0.6) is 0 Å². The van der Waals surface area contributed by atoms with Crippen molar-refractivity contribution in [2.75, 3.05) is 13.1 Å². The molecular weight excluding hydrogens is 216 g/mol. The summed E-state index contributed by atoms with van der Waals surface area (Å²) in [7, 11) is 1.81. The molecule has 0 aliphatic rings. The molecular formula is C12H18N4O. The van der Waals surface area contributed by atoms with Crippen molar-refractivity contribution in [2.24, 2.45) is 7.05 Å². The number of aryl methyl sites for hydroxylation is 2. The van der Waals surface area contributed by atoms with E-state index in [1.54, 1.807) is 9.58 Å². The summed E-state index contributed by atoms with van der Waals surface area (Å²) in [5.74, 6) is -0.100. The molecule has 5 heteroatoms. The predicted octanol–water partition coefficient (Wildman–Crippen LogP) is 1.41. The maximum absolute atomic E-state index is 12.3. The number of aromatic nitrogens is 2. The summed E-state index contributed by atoms with van der Waals surface area (Å²) in [6.45, 7) is 6.39. The standard InChI is InChI=1S/C12H18N4O/c1-5-7-16(8-6-13)12(17)11-9(2)14-15(4)10(11)3/h5,7-8H2,1-4H3. The van der Waals surface area contributed by atoms with Gasteiger partial charge in [0.05, 0.1) is 17.3 Å². The van der Waals surface area contributed by atoms with E-state index >= 15 is 0 Å². The van der Waals surface area contributed by atoms with Crippen LogP contribution in [0.15, 0.2) is 0 Å². The van der Waals surface area contributed by atoms with Crippen LogP contribution < -0.4 is 0 Å². The Morgan fingerprint density at radius 2 is 2.18 bits per heavy atom. The van der Waals surface area contributed by atoms with E-state index in [4.69, 9.17) is 5.26 Å². The lowest BCUT2D eigenvalue weighted by atomic mass is 10.1. The van der Waals surface area contributed by atoms with Crippen molar-refractivity contribution in [2.45, 2.75) is 27.2 Å². The van der Waals surface area contributed by atoms with Gasteiger partial charge in [-0.1, -0.05) is 6.92 Å². The first-order valence-corrected chi connectivity index (χ1v) is 5.69. The number of carbonyl (C=O) groups excluding carboxylic acids is 1. The van der Waals surface area contributed by atoms with Gasteiger partial charge in [0.2, 0.25) is 0 Å². The lowest BCUT2D eigenvalue weighted by Crippen LogP contribution is -2.32. The minimum absolute atomic E-state index is 0.100. The molecule has 17 heavy (non-hydrogen) atoms. The molecule has 0 aromatic carbocycles. The van der Waals surface area contributed by atoms with Crippen molar-refractivity contribution in [1.29, 1.82) is 5.26 Å². The van der Waals surface area contributed by atoms with E-state index in [1.165, 1.54) is 0 Å². The van der Waals surface area contributed by atoms with Crippen LogP contribution in [0.2, 0.25) is 0 Å². The normalized spacial score (nSPS) is 10.1. The van der Waals surface area contributed by atoms with Gasteiger partial charge >= 0.3 is 0 Å². The lowest BCUT2D eigenvalue weighted by molar-refractivity contribution is 0.0774. The fraction of sp³-hybridized carbons (Fsp3) is 0.583. The monoisotopic (exact) mass is 234 g/mol. The fourth-order valence-corrected chi connectivity index (χ4v) is 1.85. The second-order valence-electron chi connectivity index (χ2n) is 4.05. The van der Waals surface area contributed by atoms with Crippen LogP contribution in [0.1, 0.15) is 35.1 Å². The number of nitrogens with zero attached hydrogens (tertiary/aromatic N) is 4. The number of nitriles is 1. The summed E-state index contributed by atoms with van der Waals surface area (Å²) in [6.07, 6.45) is 0.839. The molecule has 1 heterocycles. The van der Waals surface area contributed by atoms with Crippen molar-refractivity contribution in [3.05, 3.63) is 17.0 Å². The lowest BCUT2D eigenvalue weighted by Gasteiger charge is -2.18. The molecule has 0 atom stereocenters. The van der Waals surface area contributed by atoms with E-state index in [0.717, 1.165) is 12.1 Å². The van der Waals surface area contributed by atoms with E-state index in [1.807, 2.05) is 33.9 Å². The maximum atomic E-state index is 12.3. The Morgan fingerprint density at radius 3 is 2.59 bits per heavy atom. The topological polar surface area (TPSA) is 61.9 Å². The zero-order chi connectivity index (χ0) is 13.0. The van der Waals surface area contributed by atoms with Gasteiger partial charge in [0.1, 0.15) is 6.54 Å². The molecule has 0 aliphatic heterocycles. The Kier molecular flexibility index (Phi) is 4.27. The molecule has 92 valence electrons. The van der Waals surface area contributed by atoms with Crippen LogP contribution in [0, 0.1) is 25.2 Å². The SMILES string of the molecule is CCCN(CC#N)C(=O)c1c(C)nn(C)c1C. The molecule has 1 aromatic heterocycles. The van der Waals surface area contributed by atoms with Gasteiger partial charge in [-0.05, 0) is 20.3 Å². The number of rotatable bonds is 4. The Morgan fingerprint density at radius 1 is 1.53 bits per heavy atom. The van der Waals surface area contributed by atoms with Gasteiger partial charge < -0.3 is 4.90 Å². The number of hydrogen-bond acceptors (Lipinski definition) is 3. The van der Waals surface area contributed by atoms with E-state index in [2.05, 4.69) is 5.10 Å². The fourth-order valence-electron chi connectivity index (χ4n) is 1.85. The van der Waals surface area contributed by atoms with Gasteiger partial charge in [-0.3, -0.25) is 9.48 Å². The quantitative estimate of drug-likeness (QED) is 0.740. The Hall–Kier alpha value is -1.83. The zero-order valence-corrected chi connectivity index (χ0v) is 10.8. The first kappa shape index (κ1) is 13.2. The van der Waals surface area contributed by atoms with Gasteiger partial charge in [0, 0.05) is 19.3 Å². The highest BCUT2D eigenvalue weighted by Crippen LogP contribution is 2.14. The summed E-state index contributed by atoms with van der Waals surface area (Å²) in [4.78, 5) is 13.9. The first-order valence-electron chi connectivity index (χ1n) is 5.69. The molecule has 0 unspecified atom stereocenters. The summed E-state index contributed by atoms with van der Waals surface area (Å²) in [5, 5.41) is 13.0. The predicted molar refractivity (Wildman–Crippen MR) is 64.5 cm³/mol. The van der Waals surface area contributed by atoms with Gasteiger partial charge in [-0.2, -0.15) is 10.4 Å². The largest absolute Gasteiger partial charge is 0.325 e. The average molecular weight is 234 g/mol. The zero-order valence-electron chi connectivity index (χ0n) is 10.8. The summed E-state index contributed by atoms with van der Waals surface area (Å²) in [6, 6.07) is 2.03. The molecule has 1 aromatic rings. The van der Waals surface area contributed by atoms with E-state index in [0.29, 0.717) is 17.8 Å². The molecule has 0 aliphatic carbocycles. The Bertz CT molecular complexity index is 456. The van der Waals surface area contributed by atoms with Crippen LogP contribution in [-0.2, 0) is 7.05 Å². The second-order valence-corrected chi connectivity index (χ2v) is 4.05. The Balaban J connectivity index is 3.05. The highest BCUT2D eigenvalue weighted by molar-refractivity contribution is 5.96. The second kappa shape index (κ2) is 5.48. The molecule has 0 saturated carbocycles. The van der Waals surface area contributed by atoms with Crippen LogP contribution in [0.3, 0.4) is 0 Å². The van der Waals surface area contributed by atoms with E-state index in [-0.39, 0.29) is 12.5 Å². The minimum Gasteiger partial charge on any atom is -0.325 e. The third kappa shape index (κ3) is 2.64. The van der Waals surface area contributed by atoms with Crippen LogP contribution in [0.4, 0.5) is 0 Å². The maximum Gasteiger partial charge on any atom is 0.258 e. The molecule has 0 spiro atoms. The highest BCUT2D eigenvalue weighted by Gasteiger charge is 2.22. The molecule has 5 nitrogen and oxygen atoms in total. The number of amides is 1. The average Bonchev–Trinajstić information content (AvgIpc) is 2.52. The van der Waals surface area contributed by atoms with Crippen molar-refractivity contribution in [3.63, 3.8) is 0 Å². The molecule has 0 saturated heterocycles. The van der Waals surface area contributed by atoms with Crippen molar-refractivity contribution < 1.29 is 4.79 Å². The molecule has 0 bridgehead atoms. The van der Waals surface area contributed by atoms with Crippen LogP contribution in [0.25, 0.3) is 0 Å². The number of hydrogen-bond donors (Lipinski definition) is 0. The molecule has 1 amide bonds. The van der Waals surface area contributed by atoms with Gasteiger partial charge in [0.15, 0.2) is 0 Å². The van der Waals surface area contributed by atoms with E-state index < -0.39 is 0 Å². The highest BCUT2D eigenvalue weighted by atomic mass is 16.2. The summed E-state index contributed by atoms with van der Waals surface area (Å²) < 4.78 is 1.69. The molecule has 0 fully saturated rings. The summed E-state index contributed by atoms with van der Waals surface area (Å²) >= 11 is 0.